The van der Waals surface area contributed by atoms with E-state index >= 15 is 0 Å². The molecule has 1 aromatic rings. The summed E-state index contributed by atoms with van der Waals surface area (Å²) >= 11 is 0. The number of hydrogen-bond donors (Lipinski definition) is 0. The van der Waals surface area contributed by atoms with Crippen LogP contribution in [0.25, 0.3) is 0 Å². The summed E-state index contributed by atoms with van der Waals surface area (Å²) in [5.74, 6) is 1.06. The molecule has 8 rings (SSSR count). The number of fused-ring (bicyclic) bond motifs is 1. The zero-order chi connectivity index (χ0) is 27.5. The number of aliphatic imine (C=N–C) groups is 1. The smallest absolute Gasteiger partial charge is 0.148 e. The molecule has 0 aromatic heterocycles. The minimum absolute atomic E-state index is 0.0557. The highest BCUT2D eigenvalue weighted by molar-refractivity contribution is 5.73. The molecular formula is C32H44N2O6. The van der Waals surface area contributed by atoms with Crippen molar-refractivity contribution in [3.8, 4) is 0 Å². The third-order valence-electron chi connectivity index (χ3n) is 13.0. The van der Waals surface area contributed by atoms with E-state index in [0.717, 1.165) is 44.5 Å². The van der Waals surface area contributed by atoms with Crippen molar-refractivity contribution >= 4 is 11.9 Å². The van der Waals surface area contributed by atoms with Crippen molar-refractivity contribution in [2.75, 3.05) is 48.3 Å². The number of methoxy groups -OCH3 is 4. The number of hydrogen-bond acceptors (Lipinski definition) is 8. The van der Waals surface area contributed by atoms with E-state index in [9.17, 15) is 0 Å². The maximum Gasteiger partial charge on any atom is 0.148 e. The van der Waals surface area contributed by atoms with Crippen LogP contribution in [0.15, 0.2) is 35.3 Å². The number of likely N-dealkylation sites (N-methyl/N-ethyl adjacent to an activating group) is 1. The van der Waals surface area contributed by atoms with E-state index in [1.54, 1.807) is 0 Å². The van der Waals surface area contributed by atoms with Crippen LogP contribution in [0.4, 0.5) is 5.69 Å². The van der Waals surface area contributed by atoms with Crippen molar-refractivity contribution in [2.24, 2.45) is 39.5 Å². The zero-order valence-corrected chi connectivity index (χ0v) is 24.5. The van der Waals surface area contributed by atoms with E-state index in [0.29, 0.717) is 11.8 Å². The third kappa shape index (κ3) is 2.68. The minimum Gasteiger partial charge on any atom is -0.381 e. The Kier molecular flexibility index (Phi) is 5.79. The minimum atomic E-state index is -0.643. The first-order valence-electron chi connectivity index (χ1n) is 15.3. The molecule has 5 aliphatic carbocycles. The van der Waals surface area contributed by atoms with E-state index in [1.807, 2.05) is 34.5 Å². The summed E-state index contributed by atoms with van der Waals surface area (Å²) in [6.45, 7) is 4.44. The van der Waals surface area contributed by atoms with Gasteiger partial charge in [-0.25, -0.2) is 0 Å². The Hall–Kier alpha value is -1.39. The molecule has 8 nitrogen and oxygen atoms in total. The van der Waals surface area contributed by atoms with E-state index < -0.39 is 11.2 Å². The first kappa shape index (κ1) is 26.3. The summed E-state index contributed by atoms with van der Waals surface area (Å²) in [5, 5.41) is 0. The second-order valence-corrected chi connectivity index (χ2v) is 13.5. The predicted molar refractivity (Wildman–Crippen MR) is 149 cm³/mol. The topological polar surface area (TPSA) is 71.0 Å². The number of para-hydroxylation sites is 1. The Morgan fingerprint density at radius 1 is 1.05 bits per heavy atom. The fourth-order valence-electron chi connectivity index (χ4n) is 12.3. The predicted octanol–water partition coefficient (Wildman–Crippen LogP) is 3.70. The molecule has 8 heteroatoms. The van der Waals surface area contributed by atoms with E-state index in [-0.39, 0.29) is 59.9 Å². The summed E-state index contributed by atoms with van der Waals surface area (Å²) in [6.07, 6.45) is 6.23. The molecule has 1 aromatic carbocycles. The summed E-state index contributed by atoms with van der Waals surface area (Å²) in [4.78, 5) is 7.87. The Labute approximate surface area is 237 Å². The Morgan fingerprint density at radius 2 is 1.88 bits per heavy atom. The number of nitrogens with zero attached hydrogens (tertiary/aromatic N) is 2. The van der Waals surface area contributed by atoms with Gasteiger partial charge in [-0.2, -0.15) is 0 Å². The van der Waals surface area contributed by atoms with Gasteiger partial charge in [-0.15, -0.1) is 0 Å². The van der Waals surface area contributed by atoms with Crippen molar-refractivity contribution in [1.82, 2.24) is 4.90 Å². The molecule has 5 saturated carbocycles. The van der Waals surface area contributed by atoms with Crippen LogP contribution in [0.1, 0.15) is 32.6 Å². The number of ether oxygens (including phenoxy) is 6. The van der Waals surface area contributed by atoms with Crippen LogP contribution >= 0.6 is 0 Å². The SMILES string of the molecule is CCN1C[C@]2(C=Nc3ccccc3)CC[C@H](OC)[C@@]34C1[C@]1(OCO[C@@]15C[C@H](OC)[C@H]1C[C@@H]3[C@@H]5[C@H]1OC)[C@@H](OC)[C@H]24. The van der Waals surface area contributed by atoms with Crippen LogP contribution in [-0.4, -0.2) is 101 Å². The monoisotopic (exact) mass is 552 g/mol. The zero-order valence-electron chi connectivity index (χ0n) is 24.5. The summed E-state index contributed by atoms with van der Waals surface area (Å²) in [6, 6.07) is 10.5. The molecule has 3 spiro atoms. The van der Waals surface area contributed by atoms with Gasteiger partial charge in [0.2, 0.25) is 0 Å². The van der Waals surface area contributed by atoms with Gasteiger partial charge in [0.1, 0.15) is 18.0 Å². The van der Waals surface area contributed by atoms with Crippen molar-refractivity contribution in [1.29, 1.82) is 0 Å². The highest BCUT2D eigenvalue weighted by Crippen LogP contribution is 2.82. The van der Waals surface area contributed by atoms with Gasteiger partial charge in [0, 0.05) is 76.2 Å². The van der Waals surface area contributed by atoms with Crippen LogP contribution in [0.3, 0.4) is 0 Å². The molecule has 0 N–H and O–H groups in total. The van der Waals surface area contributed by atoms with Gasteiger partial charge >= 0.3 is 0 Å². The number of rotatable bonds is 7. The molecule has 2 aliphatic heterocycles. The van der Waals surface area contributed by atoms with Crippen LogP contribution < -0.4 is 0 Å². The fraction of sp³-hybridized carbons (Fsp3) is 0.781. The highest BCUT2D eigenvalue weighted by atomic mass is 16.7. The lowest BCUT2D eigenvalue weighted by atomic mass is 9.42. The van der Waals surface area contributed by atoms with Crippen molar-refractivity contribution in [2.45, 2.75) is 74.3 Å². The number of likely N-dealkylation sites (tertiary alicyclic amines) is 1. The second kappa shape index (κ2) is 8.82. The lowest BCUT2D eigenvalue weighted by Gasteiger charge is -2.69. The van der Waals surface area contributed by atoms with E-state index in [1.165, 1.54) is 0 Å². The lowest BCUT2D eigenvalue weighted by Crippen LogP contribution is -2.81. The maximum absolute atomic E-state index is 7.10. The van der Waals surface area contributed by atoms with Gasteiger partial charge < -0.3 is 28.4 Å². The van der Waals surface area contributed by atoms with E-state index in [2.05, 4.69) is 42.3 Å². The largest absolute Gasteiger partial charge is 0.381 e. The molecule has 0 radical (unpaired) electrons. The number of piperidine rings is 1. The quantitative estimate of drug-likeness (QED) is 0.478. The molecule has 0 amide bonds. The van der Waals surface area contributed by atoms with Gasteiger partial charge in [-0.1, -0.05) is 25.1 Å². The van der Waals surface area contributed by atoms with Gasteiger partial charge in [0.25, 0.3) is 0 Å². The lowest BCUT2D eigenvalue weighted by molar-refractivity contribution is -0.278. The molecule has 7 fully saturated rings. The van der Waals surface area contributed by atoms with Gasteiger partial charge in [0.05, 0.1) is 36.1 Å². The second-order valence-electron chi connectivity index (χ2n) is 13.5. The molecule has 218 valence electrons. The van der Waals surface area contributed by atoms with Crippen LogP contribution in [0.5, 0.6) is 0 Å². The molecular weight excluding hydrogens is 508 g/mol. The van der Waals surface area contributed by atoms with Crippen molar-refractivity contribution in [3.05, 3.63) is 30.3 Å². The number of benzene rings is 1. The van der Waals surface area contributed by atoms with Gasteiger partial charge in [0.15, 0.2) is 0 Å². The fourth-order valence-corrected chi connectivity index (χ4v) is 12.3. The summed E-state index contributed by atoms with van der Waals surface area (Å²) < 4.78 is 40.1. The average Bonchev–Trinajstić information content (AvgIpc) is 3.57. The first-order chi connectivity index (χ1) is 19.5. The highest BCUT2D eigenvalue weighted by Gasteiger charge is 2.93. The van der Waals surface area contributed by atoms with Crippen molar-refractivity contribution < 1.29 is 28.4 Å². The van der Waals surface area contributed by atoms with Crippen LogP contribution in [0, 0.1) is 34.5 Å². The molecule has 13 atom stereocenters. The van der Waals surface area contributed by atoms with Crippen LogP contribution in [0.2, 0.25) is 0 Å². The Balaban J connectivity index is 1.41. The molecule has 7 aliphatic rings. The van der Waals surface area contributed by atoms with Gasteiger partial charge in [-0.3, -0.25) is 9.89 Å². The maximum atomic E-state index is 7.10. The molecule has 2 heterocycles. The van der Waals surface area contributed by atoms with Crippen LogP contribution in [-0.2, 0) is 28.4 Å². The first-order valence-corrected chi connectivity index (χ1v) is 15.3. The van der Waals surface area contributed by atoms with E-state index in [4.69, 9.17) is 33.4 Å². The molecule has 40 heavy (non-hydrogen) atoms. The van der Waals surface area contributed by atoms with Crippen molar-refractivity contribution in [3.63, 3.8) is 0 Å². The molecule has 1 unspecified atom stereocenters. The normalized spacial score (nSPS) is 53.8. The third-order valence-corrected chi connectivity index (χ3v) is 13.0. The average molecular weight is 553 g/mol. The van der Waals surface area contributed by atoms with Gasteiger partial charge in [-0.05, 0) is 43.9 Å². The molecule has 7 bridgehead atoms. The Morgan fingerprint density at radius 3 is 2.58 bits per heavy atom. The molecule has 2 saturated heterocycles. The summed E-state index contributed by atoms with van der Waals surface area (Å²) in [7, 11) is 7.54. The Bertz CT molecular complexity index is 1180. The summed E-state index contributed by atoms with van der Waals surface area (Å²) in [5.41, 5.74) is -0.543. The standard InChI is InChI=1S/C32H44N2O6/c1-6-34-17-29(16-33-19-10-8-7-9-11-19)13-12-23(36-3)31-21-14-20-22(35-2)15-30(24(21)25(20)37-4)32(28(31)34,40-18-39-30)27(38-5)26(29)31/h7-11,16,20-28H,6,12-15,17-18H2,1-5H3/t20-,21-,22+,23+,24-,25+,26-,27+,28?,29-,30-,31+,32-/m1/s1.